The van der Waals surface area contributed by atoms with Crippen LogP contribution in [0.2, 0.25) is 5.28 Å². The molecule has 0 aliphatic rings. The summed E-state index contributed by atoms with van der Waals surface area (Å²) in [6.07, 6.45) is 4.84. The smallest absolute Gasteiger partial charge is 0.222 e. The maximum absolute atomic E-state index is 14.1. The molecule has 6 nitrogen and oxygen atoms in total. The Morgan fingerprint density at radius 1 is 1.06 bits per heavy atom. The molecule has 182 valence electrons. The molecule has 4 rings (SSSR count). The summed E-state index contributed by atoms with van der Waals surface area (Å²) in [4.78, 5) is 13.3. The molecule has 0 aliphatic carbocycles. The Kier molecular flexibility index (Phi) is 8.37. The molecule has 1 atom stereocenters. The molecule has 35 heavy (non-hydrogen) atoms. The summed E-state index contributed by atoms with van der Waals surface area (Å²) >= 11 is 7.47. The van der Waals surface area contributed by atoms with Gasteiger partial charge < -0.3 is 10.0 Å². The molecule has 0 saturated carbocycles. The zero-order chi connectivity index (χ0) is 24.8. The predicted molar refractivity (Wildman–Crippen MR) is 138 cm³/mol. The number of benzene rings is 2. The zero-order valence-electron chi connectivity index (χ0n) is 18.7. The lowest BCUT2D eigenvalue weighted by Crippen LogP contribution is -2.09. The number of thiazole rings is 1. The molecule has 0 saturated heterocycles. The van der Waals surface area contributed by atoms with Crippen molar-refractivity contribution in [3.63, 3.8) is 0 Å². The Balaban J connectivity index is 1.66. The highest BCUT2D eigenvalue weighted by molar-refractivity contribution is 7.86. The van der Waals surface area contributed by atoms with Gasteiger partial charge >= 0.3 is 0 Å². The number of hydrogen-bond donors (Lipinski definition) is 2. The maximum Gasteiger partial charge on any atom is 0.222 e. The SMILES string of the molecule is CCCCCNc1nc(-c2cccc(NS(=O)c3c(F)cccc3F)c2)c(-c2ccnc(Cl)n2)s1. The first-order valence-corrected chi connectivity index (χ1v) is 13.3. The fraction of sp³-hybridized carbons (Fsp3) is 0.208. The molecule has 0 bridgehead atoms. The Labute approximate surface area is 213 Å². The largest absolute Gasteiger partial charge is 0.361 e. The monoisotopic (exact) mass is 533 g/mol. The molecule has 2 N–H and O–H groups in total. The topological polar surface area (TPSA) is 79.8 Å². The number of hydrogen-bond acceptors (Lipinski definition) is 6. The van der Waals surface area contributed by atoms with Gasteiger partial charge in [-0.15, -0.1) is 0 Å². The molecule has 0 fully saturated rings. The number of unbranched alkanes of at least 4 members (excludes halogenated alkanes) is 2. The summed E-state index contributed by atoms with van der Waals surface area (Å²) in [6, 6.07) is 12.1. The second-order valence-corrected chi connectivity index (χ2v) is 10.0. The van der Waals surface area contributed by atoms with E-state index in [1.54, 1.807) is 30.5 Å². The van der Waals surface area contributed by atoms with Crippen molar-refractivity contribution in [2.75, 3.05) is 16.6 Å². The van der Waals surface area contributed by atoms with E-state index in [4.69, 9.17) is 16.6 Å². The summed E-state index contributed by atoms with van der Waals surface area (Å²) < 4.78 is 43.5. The van der Waals surface area contributed by atoms with Crippen molar-refractivity contribution in [1.29, 1.82) is 0 Å². The van der Waals surface area contributed by atoms with Crippen LogP contribution in [0, 0.1) is 11.6 Å². The normalized spacial score (nSPS) is 11.9. The molecule has 0 spiro atoms. The first-order chi connectivity index (χ1) is 17.0. The minimum atomic E-state index is -2.14. The Hall–Kier alpha value is -2.95. The molecule has 11 heteroatoms. The van der Waals surface area contributed by atoms with E-state index >= 15 is 0 Å². The highest BCUT2D eigenvalue weighted by Crippen LogP contribution is 2.39. The minimum Gasteiger partial charge on any atom is -0.361 e. The van der Waals surface area contributed by atoms with Crippen LogP contribution >= 0.6 is 22.9 Å². The van der Waals surface area contributed by atoms with Crippen molar-refractivity contribution < 1.29 is 13.0 Å². The lowest BCUT2D eigenvalue weighted by atomic mass is 10.1. The highest BCUT2D eigenvalue weighted by Gasteiger charge is 2.19. The molecule has 2 heterocycles. The lowest BCUT2D eigenvalue weighted by molar-refractivity contribution is 0.535. The third kappa shape index (κ3) is 6.19. The van der Waals surface area contributed by atoms with Gasteiger partial charge in [-0.2, -0.15) is 0 Å². The second-order valence-electron chi connectivity index (χ2n) is 7.54. The quantitative estimate of drug-likeness (QED) is 0.170. The second kappa shape index (κ2) is 11.7. The Morgan fingerprint density at radius 2 is 1.83 bits per heavy atom. The van der Waals surface area contributed by atoms with E-state index < -0.39 is 27.5 Å². The number of rotatable bonds is 10. The molecule has 2 aromatic heterocycles. The van der Waals surface area contributed by atoms with Crippen LogP contribution in [-0.4, -0.2) is 25.7 Å². The molecular formula is C24H22ClF2N5OS2. The van der Waals surface area contributed by atoms with Crippen molar-refractivity contribution in [1.82, 2.24) is 15.0 Å². The molecular weight excluding hydrogens is 512 g/mol. The van der Waals surface area contributed by atoms with E-state index in [-0.39, 0.29) is 5.28 Å². The van der Waals surface area contributed by atoms with Crippen LogP contribution in [0.15, 0.2) is 59.6 Å². The van der Waals surface area contributed by atoms with E-state index in [1.807, 2.05) is 6.07 Å². The van der Waals surface area contributed by atoms with Crippen LogP contribution in [-0.2, 0) is 11.0 Å². The van der Waals surface area contributed by atoms with E-state index in [1.165, 1.54) is 17.4 Å². The van der Waals surface area contributed by atoms with Crippen molar-refractivity contribution in [3.05, 3.63) is 71.6 Å². The van der Waals surface area contributed by atoms with Crippen molar-refractivity contribution >= 4 is 44.7 Å². The van der Waals surface area contributed by atoms with Gasteiger partial charge in [-0.05, 0) is 48.4 Å². The summed E-state index contributed by atoms with van der Waals surface area (Å²) in [5.41, 5.74) is 2.40. The van der Waals surface area contributed by atoms with E-state index in [9.17, 15) is 13.0 Å². The number of halogens is 3. The Bertz CT molecular complexity index is 1330. The zero-order valence-corrected chi connectivity index (χ0v) is 21.1. The first-order valence-electron chi connectivity index (χ1n) is 10.9. The fourth-order valence-corrected chi connectivity index (χ4v) is 5.41. The molecule has 4 aromatic rings. The molecule has 0 radical (unpaired) electrons. The van der Waals surface area contributed by atoms with Gasteiger partial charge in [-0.3, -0.25) is 0 Å². The van der Waals surface area contributed by atoms with Crippen LogP contribution < -0.4 is 10.0 Å². The number of aromatic nitrogens is 3. The molecule has 0 amide bonds. The summed E-state index contributed by atoms with van der Waals surface area (Å²) in [5.74, 6) is -1.76. The molecule has 1 unspecified atom stereocenters. The van der Waals surface area contributed by atoms with Gasteiger partial charge in [0.05, 0.1) is 16.3 Å². The lowest BCUT2D eigenvalue weighted by Gasteiger charge is -2.09. The van der Waals surface area contributed by atoms with E-state index in [0.29, 0.717) is 22.6 Å². The summed E-state index contributed by atoms with van der Waals surface area (Å²) in [5, 5.41) is 4.21. The highest BCUT2D eigenvalue weighted by atomic mass is 35.5. The van der Waals surface area contributed by atoms with Gasteiger partial charge in [-0.1, -0.05) is 49.3 Å². The molecule has 2 aromatic carbocycles. The van der Waals surface area contributed by atoms with Crippen LogP contribution in [0.25, 0.3) is 21.8 Å². The van der Waals surface area contributed by atoms with Gasteiger partial charge in [0.15, 0.2) is 16.1 Å². The number of nitrogens with one attached hydrogen (secondary N) is 2. The fourth-order valence-electron chi connectivity index (χ4n) is 3.34. The molecule has 0 aliphatic heterocycles. The van der Waals surface area contributed by atoms with Crippen LogP contribution in [0.4, 0.5) is 19.6 Å². The van der Waals surface area contributed by atoms with Gasteiger partial charge in [-0.25, -0.2) is 27.9 Å². The average molecular weight is 534 g/mol. The first kappa shape index (κ1) is 25.2. The Morgan fingerprint density at radius 3 is 2.57 bits per heavy atom. The van der Waals surface area contributed by atoms with Crippen molar-refractivity contribution in [2.45, 2.75) is 31.1 Å². The van der Waals surface area contributed by atoms with Crippen LogP contribution in [0.1, 0.15) is 26.2 Å². The van der Waals surface area contributed by atoms with Crippen LogP contribution in [0.3, 0.4) is 0 Å². The summed E-state index contributed by atoms with van der Waals surface area (Å²) in [6.45, 7) is 2.94. The van der Waals surface area contributed by atoms with E-state index in [0.717, 1.165) is 47.9 Å². The summed E-state index contributed by atoms with van der Waals surface area (Å²) in [7, 11) is -2.14. The van der Waals surface area contributed by atoms with Gasteiger partial charge in [0.2, 0.25) is 5.28 Å². The maximum atomic E-state index is 14.1. The number of anilines is 2. The number of nitrogens with zero attached hydrogens (tertiary/aromatic N) is 3. The third-order valence-corrected chi connectivity index (χ3v) is 7.39. The standard InChI is InChI=1S/C24H22ClF2N5OS2/c1-2-3-4-12-29-24-31-20(21(34-24)19-11-13-28-23(25)30-19)15-7-5-8-16(14-15)32-35(33)22-17(26)9-6-10-18(22)27/h5-11,13-14,32H,2-4,12H2,1H3,(H,29,31). The third-order valence-electron chi connectivity index (χ3n) is 4.99. The minimum absolute atomic E-state index is 0.122. The van der Waals surface area contributed by atoms with Crippen LogP contribution in [0.5, 0.6) is 0 Å². The van der Waals surface area contributed by atoms with Gasteiger partial charge in [0, 0.05) is 24.0 Å². The van der Waals surface area contributed by atoms with Gasteiger partial charge in [0.1, 0.15) is 16.5 Å². The van der Waals surface area contributed by atoms with Crippen molar-refractivity contribution in [3.8, 4) is 21.8 Å². The van der Waals surface area contributed by atoms with E-state index in [2.05, 4.69) is 26.9 Å². The van der Waals surface area contributed by atoms with Crippen molar-refractivity contribution in [2.24, 2.45) is 0 Å². The average Bonchev–Trinajstić information content (AvgIpc) is 3.26. The predicted octanol–water partition coefficient (Wildman–Crippen LogP) is 6.94. The van der Waals surface area contributed by atoms with Gasteiger partial charge in [0.25, 0.3) is 0 Å².